The molecule has 0 saturated heterocycles. The van der Waals surface area contributed by atoms with Gasteiger partial charge in [-0.05, 0) is 43.9 Å². The first kappa shape index (κ1) is 12.8. The fourth-order valence-electron chi connectivity index (χ4n) is 2.23. The van der Waals surface area contributed by atoms with E-state index in [0.717, 1.165) is 31.7 Å². The topological polar surface area (TPSA) is 69.6 Å². The number of aromatic carboxylic acids is 1. The molecule has 0 unspecified atom stereocenters. The summed E-state index contributed by atoms with van der Waals surface area (Å²) in [5, 5.41) is 21.4. The van der Waals surface area contributed by atoms with E-state index in [1.807, 2.05) is 0 Å². The minimum absolute atomic E-state index is 0.209. The third-order valence-corrected chi connectivity index (χ3v) is 3.26. The standard InChI is InChI=1S/C13H16FNO3/c14-12-6-3-9(7-11(12)13(17)18)15-8-1-4-10(16)5-2-8/h3,6-8,10,15-16H,1-2,4-5H2,(H,17,18). The molecule has 0 aromatic heterocycles. The average Bonchev–Trinajstić information content (AvgIpc) is 2.34. The maximum atomic E-state index is 13.2. The first-order valence-electron chi connectivity index (χ1n) is 6.03. The number of benzene rings is 1. The summed E-state index contributed by atoms with van der Waals surface area (Å²) >= 11 is 0. The van der Waals surface area contributed by atoms with E-state index in [1.165, 1.54) is 12.1 Å². The fourth-order valence-corrected chi connectivity index (χ4v) is 2.23. The third-order valence-electron chi connectivity index (χ3n) is 3.26. The summed E-state index contributed by atoms with van der Waals surface area (Å²) in [5.41, 5.74) is 0.283. The number of hydrogen-bond donors (Lipinski definition) is 3. The first-order valence-corrected chi connectivity index (χ1v) is 6.03. The molecule has 5 heteroatoms. The van der Waals surface area contributed by atoms with Crippen LogP contribution in [0.4, 0.5) is 10.1 Å². The van der Waals surface area contributed by atoms with Gasteiger partial charge in [0.1, 0.15) is 5.82 Å². The van der Waals surface area contributed by atoms with Crippen LogP contribution >= 0.6 is 0 Å². The second-order valence-electron chi connectivity index (χ2n) is 4.65. The van der Waals surface area contributed by atoms with Crippen molar-refractivity contribution < 1.29 is 19.4 Å². The number of rotatable bonds is 3. The molecule has 0 bridgehead atoms. The monoisotopic (exact) mass is 253 g/mol. The SMILES string of the molecule is O=C(O)c1cc(NC2CCC(O)CC2)ccc1F. The summed E-state index contributed by atoms with van der Waals surface area (Å²) in [5.74, 6) is -2.00. The van der Waals surface area contributed by atoms with Gasteiger partial charge in [0.2, 0.25) is 0 Å². The van der Waals surface area contributed by atoms with Gasteiger partial charge in [-0.3, -0.25) is 0 Å². The maximum absolute atomic E-state index is 13.2. The average molecular weight is 253 g/mol. The molecule has 1 saturated carbocycles. The Labute approximate surface area is 104 Å². The van der Waals surface area contributed by atoms with Crippen LogP contribution in [0.3, 0.4) is 0 Å². The quantitative estimate of drug-likeness (QED) is 0.772. The van der Waals surface area contributed by atoms with E-state index in [9.17, 15) is 14.3 Å². The molecule has 0 aliphatic heterocycles. The molecule has 0 spiro atoms. The van der Waals surface area contributed by atoms with Crippen LogP contribution < -0.4 is 5.32 Å². The molecule has 1 aliphatic rings. The molecule has 0 radical (unpaired) electrons. The summed E-state index contributed by atoms with van der Waals surface area (Å²) in [6.07, 6.45) is 2.92. The van der Waals surface area contributed by atoms with Crippen molar-refractivity contribution in [1.29, 1.82) is 0 Å². The van der Waals surface area contributed by atoms with E-state index >= 15 is 0 Å². The van der Waals surface area contributed by atoms with Crippen molar-refractivity contribution in [3.63, 3.8) is 0 Å². The number of carbonyl (C=O) groups is 1. The summed E-state index contributed by atoms with van der Waals surface area (Å²) in [7, 11) is 0. The van der Waals surface area contributed by atoms with Gasteiger partial charge < -0.3 is 15.5 Å². The van der Waals surface area contributed by atoms with Gasteiger partial charge in [0.15, 0.2) is 0 Å². The van der Waals surface area contributed by atoms with Crippen LogP contribution in [0.15, 0.2) is 18.2 Å². The van der Waals surface area contributed by atoms with E-state index in [0.29, 0.717) is 5.69 Å². The van der Waals surface area contributed by atoms with Crippen molar-refractivity contribution in [2.24, 2.45) is 0 Å². The molecule has 1 aliphatic carbocycles. The lowest BCUT2D eigenvalue weighted by atomic mass is 9.93. The van der Waals surface area contributed by atoms with E-state index in [1.54, 1.807) is 0 Å². The van der Waals surface area contributed by atoms with Gasteiger partial charge in [0, 0.05) is 11.7 Å². The number of carboxylic acids is 1. The molecule has 18 heavy (non-hydrogen) atoms. The van der Waals surface area contributed by atoms with Gasteiger partial charge in [-0.2, -0.15) is 0 Å². The zero-order chi connectivity index (χ0) is 13.1. The Morgan fingerprint density at radius 1 is 1.28 bits per heavy atom. The van der Waals surface area contributed by atoms with Crippen molar-refractivity contribution in [2.45, 2.75) is 37.8 Å². The second-order valence-corrected chi connectivity index (χ2v) is 4.65. The molecule has 3 N–H and O–H groups in total. The molecule has 1 aromatic carbocycles. The van der Waals surface area contributed by atoms with Crippen molar-refractivity contribution in [2.75, 3.05) is 5.32 Å². The van der Waals surface area contributed by atoms with Crippen LogP contribution in [0.5, 0.6) is 0 Å². The van der Waals surface area contributed by atoms with Crippen molar-refractivity contribution in [3.8, 4) is 0 Å². The molecule has 1 fully saturated rings. The van der Waals surface area contributed by atoms with Crippen LogP contribution in [-0.2, 0) is 0 Å². The minimum atomic E-state index is -1.27. The zero-order valence-corrected chi connectivity index (χ0v) is 9.90. The highest BCUT2D eigenvalue weighted by molar-refractivity contribution is 5.89. The zero-order valence-electron chi connectivity index (χ0n) is 9.90. The summed E-state index contributed by atoms with van der Waals surface area (Å²) in [4.78, 5) is 10.8. The number of nitrogens with one attached hydrogen (secondary N) is 1. The normalized spacial score (nSPS) is 23.7. The highest BCUT2D eigenvalue weighted by Gasteiger charge is 2.19. The Morgan fingerprint density at radius 2 is 1.94 bits per heavy atom. The summed E-state index contributed by atoms with van der Waals surface area (Å²) in [6.45, 7) is 0. The predicted molar refractivity (Wildman–Crippen MR) is 65.2 cm³/mol. The summed E-state index contributed by atoms with van der Waals surface area (Å²) < 4.78 is 13.2. The molecule has 4 nitrogen and oxygen atoms in total. The van der Waals surface area contributed by atoms with Crippen molar-refractivity contribution >= 4 is 11.7 Å². The number of halogens is 1. The Hall–Kier alpha value is -1.62. The molecule has 98 valence electrons. The highest BCUT2D eigenvalue weighted by Crippen LogP contribution is 2.23. The van der Waals surface area contributed by atoms with Gasteiger partial charge in [-0.1, -0.05) is 0 Å². The van der Waals surface area contributed by atoms with E-state index < -0.39 is 11.8 Å². The second kappa shape index (κ2) is 5.35. The largest absolute Gasteiger partial charge is 0.478 e. The van der Waals surface area contributed by atoms with Crippen LogP contribution in [0, 0.1) is 5.82 Å². The molecule has 0 atom stereocenters. The van der Waals surface area contributed by atoms with Gasteiger partial charge >= 0.3 is 5.97 Å². The summed E-state index contributed by atoms with van der Waals surface area (Å²) in [6, 6.07) is 4.21. The van der Waals surface area contributed by atoms with Gasteiger partial charge in [-0.25, -0.2) is 9.18 Å². The Kier molecular flexibility index (Phi) is 3.81. The lowest BCUT2D eigenvalue weighted by Crippen LogP contribution is -2.28. The molecule has 0 heterocycles. The van der Waals surface area contributed by atoms with Crippen molar-refractivity contribution in [3.05, 3.63) is 29.6 Å². The van der Waals surface area contributed by atoms with Crippen LogP contribution in [0.1, 0.15) is 36.0 Å². The molecule has 0 amide bonds. The fraction of sp³-hybridized carbons (Fsp3) is 0.462. The van der Waals surface area contributed by atoms with E-state index in [4.69, 9.17) is 5.11 Å². The van der Waals surface area contributed by atoms with Gasteiger partial charge in [0.25, 0.3) is 0 Å². The smallest absolute Gasteiger partial charge is 0.338 e. The molecule has 2 rings (SSSR count). The minimum Gasteiger partial charge on any atom is -0.478 e. The molecular formula is C13H16FNO3. The number of carboxylic acid groups (broad SMARTS) is 1. The first-order chi connectivity index (χ1) is 8.56. The number of hydrogen-bond acceptors (Lipinski definition) is 3. The molecular weight excluding hydrogens is 237 g/mol. The number of anilines is 1. The predicted octanol–water partition coefficient (Wildman–Crippen LogP) is 2.24. The van der Waals surface area contributed by atoms with Crippen LogP contribution in [0.25, 0.3) is 0 Å². The number of aliphatic hydroxyl groups is 1. The third kappa shape index (κ3) is 2.98. The van der Waals surface area contributed by atoms with E-state index in [2.05, 4.69) is 5.32 Å². The Bertz CT molecular complexity index is 442. The molecule has 1 aromatic rings. The Morgan fingerprint density at radius 3 is 2.56 bits per heavy atom. The van der Waals surface area contributed by atoms with Crippen LogP contribution in [0.2, 0.25) is 0 Å². The lowest BCUT2D eigenvalue weighted by Gasteiger charge is -2.27. The Balaban J connectivity index is 2.05. The van der Waals surface area contributed by atoms with Gasteiger partial charge in [0.05, 0.1) is 11.7 Å². The maximum Gasteiger partial charge on any atom is 0.338 e. The van der Waals surface area contributed by atoms with E-state index in [-0.39, 0.29) is 17.7 Å². The van der Waals surface area contributed by atoms with Crippen molar-refractivity contribution in [1.82, 2.24) is 0 Å². The van der Waals surface area contributed by atoms with Gasteiger partial charge in [-0.15, -0.1) is 0 Å². The number of aliphatic hydroxyl groups excluding tert-OH is 1. The lowest BCUT2D eigenvalue weighted by molar-refractivity contribution is 0.0692. The van der Waals surface area contributed by atoms with Crippen LogP contribution in [-0.4, -0.2) is 28.3 Å². The highest BCUT2D eigenvalue weighted by atomic mass is 19.1.